The van der Waals surface area contributed by atoms with Crippen LogP contribution in [0.15, 0.2) is 36.4 Å². The maximum Gasteiger partial charge on any atom is 0.228 e. The van der Waals surface area contributed by atoms with E-state index in [0.717, 1.165) is 16.8 Å². The van der Waals surface area contributed by atoms with Crippen molar-refractivity contribution in [2.45, 2.75) is 19.3 Å². The fourth-order valence-electron chi connectivity index (χ4n) is 2.84. The lowest BCUT2D eigenvalue weighted by molar-refractivity contribution is -0.117. The molecule has 0 unspecified atom stereocenters. The van der Waals surface area contributed by atoms with Crippen LogP contribution in [0.25, 0.3) is 0 Å². The Morgan fingerprint density at radius 3 is 2.72 bits per heavy atom. The second kappa shape index (κ2) is 7.25. The summed E-state index contributed by atoms with van der Waals surface area (Å²) in [6.07, 6.45) is 1.41. The van der Waals surface area contributed by atoms with Gasteiger partial charge in [-0.2, -0.15) is 0 Å². The summed E-state index contributed by atoms with van der Waals surface area (Å²) in [5, 5.41) is 5.70. The number of fused-ring (bicyclic) bond motifs is 1. The minimum absolute atomic E-state index is 0.0307. The number of anilines is 2. The van der Waals surface area contributed by atoms with Crippen molar-refractivity contribution in [2.75, 3.05) is 24.9 Å². The highest BCUT2D eigenvalue weighted by Gasteiger charge is 2.16. The normalized spacial score (nSPS) is 12.8. The second-order valence-corrected chi connectivity index (χ2v) is 5.83. The lowest BCUT2D eigenvalue weighted by Gasteiger charge is -2.17. The number of rotatable bonds is 5. The molecule has 1 aliphatic rings. The van der Waals surface area contributed by atoms with Crippen molar-refractivity contribution in [1.82, 2.24) is 0 Å². The summed E-state index contributed by atoms with van der Waals surface area (Å²) in [7, 11) is 3.12. The highest BCUT2D eigenvalue weighted by molar-refractivity contribution is 5.95. The van der Waals surface area contributed by atoms with E-state index in [2.05, 4.69) is 10.6 Å². The number of benzene rings is 2. The standard InChI is InChI=1S/C19H20N2O4/c1-24-14-5-7-17(25-2)16(11-14)21-19(23)10-12-3-6-15-13(9-12)4-8-18(22)20-15/h3,5-7,9,11H,4,8,10H2,1-2H3,(H,20,22)(H,21,23). The Labute approximate surface area is 146 Å². The molecular formula is C19H20N2O4. The second-order valence-electron chi connectivity index (χ2n) is 5.83. The number of hydrogen-bond acceptors (Lipinski definition) is 4. The van der Waals surface area contributed by atoms with Gasteiger partial charge in [0.25, 0.3) is 0 Å². The van der Waals surface area contributed by atoms with Gasteiger partial charge < -0.3 is 20.1 Å². The highest BCUT2D eigenvalue weighted by atomic mass is 16.5. The molecule has 0 spiro atoms. The summed E-state index contributed by atoms with van der Waals surface area (Å²) in [6, 6.07) is 10.9. The molecule has 6 nitrogen and oxygen atoms in total. The number of aryl methyl sites for hydroxylation is 1. The number of hydrogen-bond donors (Lipinski definition) is 2. The molecule has 130 valence electrons. The molecule has 0 atom stereocenters. The van der Waals surface area contributed by atoms with Gasteiger partial charge in [0.1, 0.15) is 11.5 Å². The van der Waals surface area contributed by atoms with Gasteiger partial charge in [0.2, 0.25) is 11.8 Å². The summed E-state index contributed by atoms with van der Waals surface area (Å²) >= 11 is 0. The van der Waals surface area contributed by atoms with Crippen molar-refractivity contribution in [3.05, 3.63) is 47.5 Å². The Morgan fingerprint density at radius 1 is 1.12 bits per heavy atom. The third kappa shape index (κ3) is 3.91. The van der Waals surface area contributed by atoms with Crippen molar-refractivity contribution < 1.29 is 19.1 Å². The van der Waals surface area contributed by atoms with Crippen LogP contribution in [0.5, 0.6) is 11.5 Å². The van der Waals surface area contributed by atoms with Gasteiger partial charge in [-0.1, -0.05) is 12.1 Å². The lowest BCUT2D eigenvalue weighted by atomic mass is 9.99. The maximum absolute atomic E-state index is 12.4. The minimum atomic E-state index is -0.147. The molecule has 0 aliphatic carbocycles. The van der Waals surface area contributed by atoms with Crippen LogP contribution < -0.4 is 20.1 Å². The number of carbonyl (C=O) groups excluding carboxylic acids is 2. The van der Waals surface area contributed by atoms with Crippen LogP contribution in [-0.4, -0.2) is 26.0 Å². The zero-order valence-corrected chi connectivity index (χ0v) is 14.2. The first-order valence-electron chi connectivity index (χ1n) is 8.02. The van der Waals surface area contributed by atoms with Crippen molar-refractivity contribution in [3.8, 4) is 11.5 Å². The SMILES string of the molecule is COc1ccc(OC)c(NC(=O)Cc2ccc3c(c2)CCC(=O)N3)c1. The largest absolute Gasteiger partial charge is 0.497 e. The molecule has 2 amide bonds. The Hall–Kier alpha value is -3.02. The van der Waals surface area contributed by atoms with Gasteiger partial charge >= 0.3 is 0 Å². The molecule has 0 radical (unpaired) electrons. The zero-order chi connectivity index (χ0) is 17.8. The maximum atomic E-state index is 12.4. The van der Waals surface area contributed by atoms with E-state index in [0.29, 0.717) is 30.0 Å². The Morgan fingerprint density at radius 2 is 1.96 bits per heavy atom. The molecule has 2 N–H and O–H groups in total. The number of amides is 2. The molecule has 2 aromatic rings. The predicted octanol–water partition coefficient (Wildman–Crippen LogP) is 2.77. The minimum Gasteiger partial charge on any atom is -0.497 e. The molecule has 6 heteroatoms. The number of nitrogens with one attached hydrogen (secondary N) is 2. The molecular weight excluding hydrogens is 320 g/mol. The van der Waals surface area contributed by atoms with Gasteiger partial charge in [0.15, 0.2) is 0 Å². The van der Waals surface area contributed by atoms with E-state index in [4.69, 9.17) is 9.47 Å². The molecule has 25 heavy (non-hydrogen) atoms. The lowest BCUT2D eigenvalue weighted by Crippen LogP contribution is -2.20. The topological polar surface area (TPSA) is 76.7 Å². The van der Waals surface area contributed by atoms with Crippen molar-refractivity contribution in [1.29, 1.82) is 0 Å². The van der Waals surface area contributed by atoms with E-state index in [9.17, 15) is 9.59 Å². The molecule has 2 aromatic carbocycles. The average Bonchev–Trinajstić information content (AvgIpc) is 2.61. The molecule has 0 saturated heterocycles. The summed E-state index contributed by atoms with van der Waals surface area (Å²) in [4.78, 5) is 23.8. The van der Waals surface area contributed by atoms with Crippen LogP contribution in [-0.2, 0) is 22.4 Å². The average molecular weight is 340 g/mol. The zero-order valence-electron chi connectivity index (χ0n) is 14.2. The third-order valence-corrected chi connectivity index (χ3v) is 4.11. The quantitative estimate of drug-likeness (QED) is 0.877. The Kier molecular flexibility index (Phi) is 4.88. The van der Waals surface area contributed by atoms with Gasteiger partial charge in [-0.3, -0.25) is 9.59 Å². The number of carbonyl (C=O) groups is 2. The van der Waals surface area contributed by atoms with Crippen molar-refractivity contribution in [2.24, 2.45) is 0 Å². The van der Waals surface area contributed by atoms with Crippen LogP contribution in [0.2, 0.25) is 0 Å². The Bertz CT molecular complexity index is 817. The summed E-state index contributed by atoms with van der Waals surface area (Å²) in [5.74, 6) is 1.09. The number of methoxy groups -OCH3 is 2. The van der Waals surface area contributed by atoms with Crippen LogP contribution in [0, 0.1) is 0 Å². The molecule has 3 rings (SSSR count). The van der Waals surface area contributed by atoms with Gasteiger partial charge in [0.05, 0.1) is 26.3 Å². The van der Waals surface area contributed by atoms with E-state index in [1.165, 1.54) is 0 Å². The first kappa shape index (κ1) is 16.8. The highest BCUT2D eigenvalue weighted by Crippen LogP contribution is 2.29. The molecule has 0 saturated carbocycles. The fraction of sp³-hybridized carbons (Fsp3) is 0.263. The summed E-state index contributed by atoms with van der Waals surface area (Å²) in [6.45, 7) is 0. The Balaban J connectivity index is 1.72. The molecule has 0 aromatic heterocycles. The molecule has 0 fully saturated rings. The number of ether oxygens (including phenoxy) is 2. The van der Waals surface area contributed by atoms with Crippen LogP contribution in [0.3, 0.4) is 0 Å². The van der Waals surface area contributed by atoms with Gasteiger partial charge in [-0.05, 0) is 35.7 Å². The van der Waals surface area contributed by atoms with Gasteiger partial charge in [0, 0.05) is 18.2 Å². The molecule has 0 bridgehead atoms. The van der Waals surface area contributed by atoms with Crippen molar-refractivity contribution in [3.63, 3.8) is 0 Å². The van der Waals surface area contributed by atoms with Crippen LogP contribution in [0.4, 0.5) is 11.4 Å². The van der Waals surface area contributed by atoms with E-state index in [-0.39, 0.29) is 18.2 Å². The van der Waals surface area contributed by atoms with Crippen molar-refractivity contribution >= 4 is 23.2 Å². The summed E-state index contributed by atoms with van der Waals surface area (Å²) < 4.78 is 10.5. The third-order valence-electron chi connectivity index (χ3n) is 4.11. The monoisotopic (exact) mass is 340 g/mol. The first-order chi connectivity index (χ1) is 12.1. The predicted molar refractivity (Wildman–Crippen MR) is 95.3 cm³/mol. The first-order valence-corrected chi connectivity index (χ1v) is 8.02. The fourth-order valence-corrected chi connectivity index (χ4v) is 2.84. The van der Waals surface area contributed by atoms with Gasteiger partial charge in [-0.25, -0.2) is 0 Å². The van der Waals surface area contributed by atoms with E-state index in [1.807, 2.05) is 18.2 Å². The van der Waals surface area contributed by atoms with E-state index < -0.39 is 0 Å². The van der Waals surface area contributed by atoms with Crippen LogP contribution in [0.1, 0.15) is 17.5 Å². The van der Waals surface area contributed by atoms with Crippen LogP contribution >= 0.6 is 0 Å². The summed E-state index contributed by atoms with van der Waals surface area (Å²) in [5.41, 5.74) is 3.35. The molecule has 1 heterocycles. The van der Waals surface area contributed by atoms with E-state index in [1.54, 1.807) is 32.4 Å². The van der Waals surface area contributed by atoms with Gasteiger partial charge in [-0.15, -0.1) is 0 Å². The molecule has 1 aliphatic heterocycles. The smallest absolute Gasteiger partial charge is 0.228 e. The van der Waals surface area contributed by atoms with E-state index >= 15 is 0 Å².